The number of aliphatic hydroxyl groups is 2. The van der Waals surface area contributed by atoms with Crippen molar-refractivity contribution in [3.63, 3.8) is 0 Å². The van der Waals surface area contributed by atoms with E-state index in [2.05, 4.69) is 5.32 Å². The number of fused-ring (bicyclic) bond motifs is 1. The summed E-state index contributed by atoms with van der Waals surface area (Å²) in [5.74, 6) is -0.768. The van der Waals surface area contributed by atoms with Gasteiger partial charge in [-0.1, -0.05) is 48.5 Å². The van der Waals surface area contributed by atoms with Crippen LogP contribution < -0.4 is 20.4 Å². The van der Waals surface area contributed by atoms with Crippen molar-refractivity contribution in [3.05, 3.63) is 115 Å². The van der Waals surface area contributed by atoms with Gasteiger partial charge in [-0.25, -0.2) is 4.79 Å². The summed E-state index contributed by atoms with van der Waals surface area (Å²) in [6, 6.07) is 19.3. The highest BCUT2D eigenvalue weighted by molar-refractivity contribution is 14.1. The number of methoxy groups -OCH3 is 1. The average Bonchev–Trinajstić information content (AvgIpc) is 3.07. The Balaban J connectivity index is 1.60. The van der Waals surface area contributed by atoms with Crippen molar-refractivity contribution in [2.45, 2.75) is 31.2 Å². The second-order valence-corrected chi connectivity index (χ2v) is 11.7. The van der Waals surface area contributed by atoms with E-state index in [0.717, 1.165) is 0 Å². The van der Waals surface area contributed by atoms with E-state index in [1.807, 2.05) is 28.7 Å². The number of para-hydroxylation sites is 1. The van der Waals surface area contributed by atoms with Gasteiger partial charge in [0.15, 0.2) is 11.5 Å². The number of halogens is 1. The molecule has 0 radical (unpaired) electrons. The third-order valence-electron chi connectivity index (χ3n) is 7.58. The number of hydrogen-bond acceptors (Lipinski definition) is 9. The fourth-order valence-electron chi connectivity index (χ4n) is 5.32. The molecule has 1 aromatic heterocycles. The fourth-order valence-corrected chi connectivity index (χ4v) is 6.08. The van der Waals surface area contributed by atoms with Gasteiger partial charge in [-0.2, -0.15) is 0 Å². The minimum absolute atomic E-state index is 0.0131. The molecule has 3 atom stereocenters. The Morgan fingerprint density at radius 3 is 2.57 bits per heavy atom. The van der Waals surface area contributed by atoms with Gasteiger partial charge in [0.25, 0.3) is 5.91 Å². The standard InChI is InChI=1S/C34H31IN2O9/c1-44-29-14-21(19-39)13-25(35)31(29)45-28-17-23(32(41)36-11-12-38)16-26(30(28)40)37(18-20-7-3-2-4-8-20)33(42)24-15-22-9-5-6-10-27(22)46-34(24)43/h2-10,13-15,17,19,26,28,30,38,40H,11-12,16,18H2,1H3,(H,36,41). The van der Waals surface area contributed by atoms with Gasteiger partial charge in [-0.15, -0.1) is 0 Å². The van der Waals surface area contributed by atoms with Crippen molar-refractivity contribution in [1.29, 1.82) is 0 Å². The molecule has 0 aliphatic heterocycles. The molecule has 11 nitrogen and oxygen atoms in total. The average molecular weight is 739 g/mol. The maximum atomic E-state index is 14.3. The number of ether oxygens (including phenoxy) is 2. The van der Waals surface area contributed by atoms with Crippen LogP contribution in [0.1, 0.15) is 32.7 Å². The van der Waals surface area contributed by atoms with Crippen molar-refractivity contribution < 1.29 is 38.5 Å². The molecule has 4 aromatic rings. The van der Waals surface area contributed by atoms with Crippen LogP contribution in [0, 0.1) is 3.57 Å². The zero-order valence-electron chi connectivity index (χ0n) is 24.7. The van der Waals surface area contributed by atoms with E-state index in [-0.39, 0.29) is 48.8 Å². The largest absolute Gasteiger partial charge is 0.493 e. The van der Waals surface area contributed by atoms with Crippen molar-refractivity contribution in [2.75, 3.05) is 20.3 Å². The van der Waals surface area contributed by atoms with Gasteiger partial charge in [0.1, 0.15) is 29.6 Å². The highest BCUT2D eigenvalue weighted by Gasteiger charge is 2.42. The Hall–Kier alpha value is -4.53. The number of carbonyl (C=O) groups excluding carboxylic acids is 3. The lowest BCUT2D eigenvalue weighted by Crippen LogP contribution is -2.55. The van der Waals surface area contributed by atoms with Crippen LogP contribution in [0.4, 0.5) is 0 Å². The molecule has 1 aliphatic carbocycles. The van der Waals surface area contributed by atoms with Crippen LogP contribution in [0.15, 0.2) is 93.7 Å². The smallest absolute Gasteiger partial charge is 0.349 e. The number of aldehydes is 1. The molecule has 0 spiro atoms. The summed E-state index contributed by atoms with van der Waals surface area (Å²) in [6.45, 7) is -0.320. The van der Waals surface area contributed by atoms with Crippen LogP contribution in [0.2, 0.25) is 0 Å². The second-order valence-electron chi connectivity index (χ2n) is 10.6. The third-order valence-corrected chi connectivity index (χ3v) is 8.39. The highest BCUT2D eigenvalue weighted by atomic mass is 127. The molecule has 5 rings (SSSR count). The van der Waals surface area contributed by atoms with E-state index in [1.54, 1.807) is 54.6 Å². The molecule has 1 aliphatic rings. The Morgan fingerprint density at radius 2 is 1.85 bits per heavy atom. The molecule has 3 aromatic carbocycles. The molecule has 238 valence electrons. The van der Waals surface area contributed by atoms with E-state index in [9.17, 15) is 29.4 Å². The molecule has 2 amide bonds. The highest BCUT2D eigenvalue weighted by Crippen LogP contribution is 2.37. The van der Waals surface area contributed by atoms with Crippen molar-refractivity contribution in [1.82, 2.24) is 10.2 Å². The zero-order chi connectivity index (χ0) is 32.8. The van der Waals surface area contributed by atoms with Gasteiger partial charge in [0.2, 0.25) is 5.91 Å². The van der Waals surface area contributed by atoms with Gasteiger partial charge in [0.05, 0.1) is 23.3 Å². The minimum Gasteiger partial charge on any atom is -0.493 e. The summed E-state index contributed by atoms with van der Waals surface area (Å²) in [4.78, 5) is 53.5. The lowest BCUT2D eigenvalue weighted by atomic mass is 9.87. The summed E-state index contributed by atoms with van der Waals surface area (Å²) in [7, 11) is 1.41. The quantitative estimate of drug-likeness (QED) is 0.119. The first kappa shape index (κ1) is 32.9. The second kappa shape index (κ2) is 14.7. The van der Waals surface area contributed by atoms with Crippen LogP contribution >= 0.6 is 22.6 Å². The van der Waals surface area contributed by atoms with E-state index < -0.39 is 35.7 Å². The number of carbonyl (C=O) groups is 3. The minimum atomic E-state index is -1.39. The molecule has 12 heteroatoms. The van der Waals surface area contributed by atoms with Gasteiger partial charge in [-0.3, -0.25) is 14.4 Å². The molecule has 3 unspecified atom stereocenters. The molecule has 0 saturated heterocycles. The number of benzene rings is 3. The first-order valence-electron chi connectivity index (χ1n) is 14.4. The van der Waals surface area contributed by atoms with Crippen molar-refractivity contribution in [2.24, 2.45) is 0 Å². The Bertz CT molecular complexity index is 1840. The number of aliphatic hydroxyl groups excluding tert-OH is 2. The predicted molar refractivity (Wildman–Crippen MR) is 177 cm³/mol. The summed E-state index contributed by atoms with van der Waals surface area (Å²) < 4.78 is 17.7. The fraction of sp³-hybridized carbons (Fsp3) is 0.235. The summed E-state index contributed by atoms with van der Waals surface area (Å²) in [5.41, 5.74) is 0.506. The number of nitrogens with one attached hydrogen (secondary N) is 1. The van der Waals surface area contributed by atoms with Gasteiger partial charge >= 0.3 is 5.63 Å². The van der Waals surface area contributed by atoms with Gasteiger partial charge in [-0.05, 0) is 58.5 Å². The van der Waals surface area contributed by atoms with Crippen LogP contribution in [0.5, 0.6) is 11.5 Å². The first-order valence-corrected chi connectivity index (χ1v) is 15.5. The van der Waals surface area contributed by atoms with Crippen molar-refractivity contribution >= 4 is 51.7 Å². The maximum absolute atomic E-state index is 14.3. The summed E-state index contributed by atoms with van der Waals surface area (Å²) in [5, 5.41) is 24.3. The van der Waals surface area contributed by atoms with Gasteiger partial charge in [0, 0.05) is 36.0 Å². The van der Waals surface area contributed by atoms with Crippen LogP contribution in [0.25, 0.3) is 11.0 Å². The predicted octanol–water partition coefficient (Wildman–Crippen LogP) is 3.48. The molecule has 0 saturated carbocycles. The molecule has 1 heterocycles. The summed E-state index contributed by atoms with van der Waals surface area (Å²) >= 11 is 1.98. The first-order chi connectivity index (χ1) is 22.2. The topological polar surface area (TPSA) is 156 Å². The Kier molecular flexibility index (Phi) is 10.5. The number of amides is 2. The maximum Gasteiger partial charge on any atom is 0.349 e. The van der Waals surface area contributed by atoms with E-state index in [1.165, 1.54) is 30.2 Å². The van der Waals surface area contributed by atoms with E-state index in [0.29, 0.717) is 32.0 Å². The Labute approximate surface area is 277 Å². The lowest BCUT2D eigenvalue weighted by Gasteiger charge is -2.40. The van der Waals surface area contributed by atoms with Crippen LogP contribution in [0.3, 0.4) is 0 Å². The lowest BCUT2D eigenvalue weighted by molar-refractivity contribution is -0.118. The zero-order valence-corrected chi connectivity index (χ0v) is 26.9. The molecular weight excluding hydrogens is 707 g/mol. The SMILES string of the molecule is COc1cc(C=O)cc(I)c1OC1C=C(C(=O)NCCO)CC(N(Cc2ccccc2)C(=O)c2cc3ccccc3oc2=O)C1O. The molecule has 46 heavy (non-hydrogen) atoms. The summed E-state index contributed by atoms with van der Waals surface area (Å²) in [6.07, 6.45) is -0.515. The molecule has 0 bridgehead atoms. The van der Waals surface area contributed by atoms with Crippen LogP contribution in [-0.4, -0.2) is 71.7 Å². The van der Waals surface area contributed by atoms with Crippen LogP contribution in [-0.2, 0) is 11.3 Å². The van der Waals surface area contributed by atoms with E-state index in [4.69, 9.17) is 13.9 Å². The number of hydrogen-bond donors (Lipinski definition) is 3. The molecule has 0 fully saturated rings. The third kappa shape index (κ3) is 7.14. The number of rotatable bonds is 11. The van der Waals surface area contributed by atoms with E-state index >= 15 is 0 Å². The number of nitrogens with zero attached hydrogens (tertiary/aromatic N) is 1. The van der Waals surface area contributed by atoms with Gasteiger partial charge < -0.3 is 34.3 Å². The van der Waals surface area contributed by atoms with Crippen molar-refractivity contribution in [3.8, 4) is 11.5 Å². The molecular formula is C34H31IN2O9. The monoisotopic (exact) mass is 738 g/mol. The normalized spacial score (nSPS) is 17.6. The Morgan fingerprint density at radius 1 is 1.11 bits per heavy atom. The molecule has 3 N–H and O–H groups in total.